The molecule has 5 nitrogen and oxygen atoms in total. The molecule has 3 rings (SSSR count). The largest absolute Gasteiger partial charge is 0.336 e. The first-order valence-electron chi connectivity index (χ1n) is 8.33. The van der Waals surface area contributed by atoms with Crippen molar-refractivity contribution in [3.05, 3.63) is 69.4 Å². The van der Waals surface area contributed by atoms with E-state index < -0.39 is 0 Å². The third-order valence-electron chi connectivity index (χ3n) is 4.23. The summed E-state index contributed by atoms with van der Waals surface area (Å²) >= 11 is 1.53. The Labute approximate surface area is 151 Å². The van der Waals surface area contributed by atoms with E-state index >= 15 is 0 Å². The van der Waals surface area contributed by atoms with Crippen molar-refractivity contribution in [1.29, 1.82) is 0 Å². The zero-order valence-corrected chi connectivity index (χ0v) is 15.6. The van der Waals surface area contributed by atoms with Gasteiger partial charge in [-0.15, -0.1) is 11.3 Å². The summed E-state index contributed by atoms with van der Waals surface area (Å²) in [5.41, 5.74) is 3.88. The Balaban J connectivity index is 1.67. The maximum Gasteiger partial charge on any atom is 0.273 e. The lowest BCUT2D eigenvalue weighted by Gasteiger charge is -2.15. The molecule has 0 saturated heterocycles. The fourth-order valence-corrected chi connectivity index (χ4v) is 3.55. The molecule has 25 heavy (non-hydrogen) atoms. The second kappa shape index (κ2) is 7.61. The first-order valence-corrected chi connectivity index (χ1v) is 9.21. The SMILES string of the molecule is CCn1ncc(CN(C)C(=O)c2csc(Cc3ccccc3)n2)c1C. The molecule has 2 aromatic heterocycles. The van der Waals surface area contributed by atoms with Crippen LogP contribution in [-0.4, -0.2) is 32.6 Å². The number of rotatable bonds is 6. The summed E-state index contributed by atoms with van der Waals surface area (Å²) < 4.78 is 1.94. The molecule has 6 heteroatoms. The molecule has 0 radical (unpaired) electrons. The van der Waals surface area contributed by atoms with Gasteiger partial charge >= 0.3 is 0 Å². The van der Waals surface area contributed by atoms with Crippen LogP contribution in [0.2, 0.25) is 0 Å². The molecular formula is C19H22N4OS. The zero-order valence-electron chi connectivity index (χ0n) is 14.8. The van der Waals surface area contributed by atoms with E-state index in [1.165, 1.54) is 16.9 Å². The average Bonchev–Trinajstić information content (AvgIpc) is 3.22. The number of benzene rings is 1. The first kappa shape index (κ1) is 17.4. The molecule has 130 valence electrons. The fraction of sp³-hybridized carbons (Fsp3) is 0.316. The van der Waals surface area contributed by atoms with Crippen molar-refractivity contribution in [3.8, 4) is 0 Å². The van der Waals surface area contributed by atoms with Crippen molar-refractivity contribution in [2.75, 3.05) is 7.05 Å². The lowest BCUT2D eigenvalue weighted by molar-refractivity contribution is 0.0779. The molecule has 0 aliphatic heterocycles. The standard InChI is InChI=1S/C19H22N4OS/c1-4-23-14(2)16(11-20-23)12-22(3)19(24)17-13-25-18(21-17)10-15-8-6-5-7-9-15/h5-9,11,13H,4,10,12H2,1-3H3. The highest BCUT2D eigenvalue weighted by Gasteiger charge is 2.17. The number of carbonyl (C=O) groups is 1. The van der Waals surface area contributed by atoms with Gasteiger partial charge in [0.05, 0.1) is 11.2 Å². The second-order valence-corrected chi connectivity index (χ2v) is 6.96. The van der Waals surface area contributed by atoms with E-state index in [0.717, 1.165) is 29.2 Å². The predicted molar refractivity (Wildman–Crippen MR) is 99.8 cm³/mol. The smallest absolute Gasteiger partial charge is 0.273 e. The van der Waals surface area contributed by atoms with Crippen LogP contribution in [0.4, 0.5) is 0 Å². The molecule has 0 aliphatic rings. The van der Waals surface area contributed by atoms with Gasteiger partial charge in [0.1, 0.15) is 5.69 Å². The van der Waals surface area contributed by atoms with Crippen LogP contribution in [0.1, 0.15) is 39.2 Å². The summed E-state index contributed by atoms with van der Waals surface area (Å²) in [6.45, 7) is 5.46. The van der Waals surface area contributed by atoms with E-state index in [2.05, 4.69) is 29.1 Å². The van der Waals surface area contributed by atoms with Gasteiger partial charge in [-0.25, -0.2) is 4.98 Å². The Bertz CT molecular complexity index is 853. The minimum absolute atomic E-state index is 0.0563. The molecule has 0 N–H and O–H groups in total. The molecule has 0 fully saturated rings. The zero-order chi connectivity index (χ0) is 17.8. The van der Waals surface area contributed by atoms with Gasteiger partial charge in [0.2, 0.25) is 0 Å². The summed E-state index contributed by atoms with van der Waals surface area (Å²) in [6.07, 6.45) is 2.59. The van der Waals surface area contributed by atoms with Crippen LogP contribution in [-0.2, 0) is 19.5 Å². The molecular weight excluding hydrogens is 332 g/mol. The normalized spacial score (nSPS) is 10.8. The highest BCUT2D eigenvalue weighted by molar-refractivity contribution is 7.09. The van der Waals surface area contributed by atoms with Crippen molar-refractivity contribution in [2.24, 2.45) is 0 Å². The number of aromatic nitrogens is 3. The lowest BCUT2D eigenvalue weighted by Crippen LogP contribution is -2.26. The average molecular weight is 354 g/mol. The predicted octanol–water partition coefficient (Wildman–Crippen LogP) is 3.53. The summed E-state index contributed by atoms with van der Waals surface area (Å²) in [5, 5.41) is 7.14. The molecule has 3 aromatic rings. The number of thiazole rings is 1. The topological polar surface area (TPSA) is 51.0 Å². The molecule has 0 bridgehead atoms. The van der Waals surface area contributed by atoms with Crippen LogP contribution < -0.4 is 0 Å². The van der Waals surface area contributed by atoms with Crippen LogP contribution in [0.15, 0.2) is 41.9 Å². The van der Waals surface area contributed by atoms with Crippen LogP contribution in [0.5, 0.6) is 0 Å². The van der Waals surface area contributed by atoms with Crippen LogP contribution in [0.25, 0.3) is 0 Å². The quantitative estimate of drug-likeness (QED) is 0.680. The molecule has 0 spiro atoms. The Hall–Kier alpha value is -2.47. The van der Waals surface area contributed by atoms with Gasteiger partial charge in [-0.1, -0.05) is 30.3 Å². The van der Waals surface area contributed by atoms with Gasteiger partial charge in [-0.05, 0) is 19.4 Å². The van der Waals surface area contributed by atoms with Gasteiger partial charge in [-0.3, -0.25) is 9.48 Å². The van der Waals surface area contributed by atoms with Crippen LogP contribution in [0, 0.1) is 6.92 Å². The molecule has 0 saturated carbocycles. The highest BCUT2D eigenvalue weighted by Crippen LogP contribution is 2.17. The van der Waals surface area contributed by atoms with Crippen molar-refractivity contribution in [3.63, 3.8) is 0 Å². The third-order valence-corrected chi connectivity index (χ3v) is 5.08. The summed E-state index contributed by atoms with van der Waals surface area (Å²) in [6, 6.07) is 10.2. The Morgan fingerprint density at radius 1 is 1.28 bits per heavy atom. The van der Waals surface area contributed by atoms with Crippen LogP contribution in [0.3, 0.4) is 0 Å². The van der Waals surface area contributed by atoms with E-state index in [4.69, 9.17) is 0 Å². The number of carbonyl (C=O) groups excluding carboxylic acids is 1. The lowest BCUT2D eigenvalue weighted by atomic mass is 10.2. The first-order chi connectivity index (χ1) is 12.1. The monoisotopic (exact) mass is 354 g/mol. The molecule has 0 atom stereocenters. The van der Waals surface area contributed by atoms with Gasteiger partial charge in [0, 0.05) is 43.2 Å². The van der Waals surface area contributed by atoms with Gasteiger partial charge < -0.3 is 4.90 Å². The van der Waals surface area contributed by atoms with Crippen molar-refractivity contribution >= 4 is 17.2 Å². The molecule has 1 aromatic carbocycles. The van der Waals surface area contributed by atoms with E-state index in [9.17, 15) is 4.79 Å². The van der Waals surface area contributed by atoms with Crippen molar-refractivity contribution < 1.29 is 4.79 Å². The molecule has 2 heterocycles. The summed E-state index contributed by atoms with van der Waals surface area (Å²) in [7, 11) is 1.81. The number of nitrogens with zero attached hydrogens (tertiary/aromatic N) is 4. The minimum atomic E-state index is -0.0563. The summed E-state index contributed by atoms with van der Waals surface area (Å²) in [4.78, 5) is 18.9. The maximum atomic E-state index is 12.6. The third kappa shape index (κ3) is 3.96. The van der Waals surface area contributed by atoms with Crippen molar-refractivity contribution in [2.45, 2.75) is 33.4 Å². The van der Waals surface area contributed by atoms with Crippen molar-refractivity contribution in [1.82, 2.24) is 19.7 Å². The van der Waals surface area contributed by atoms with E-state index in [1.54, 1.807) is 11.9 Å². The Kier molecular flexibility index (Phi) is 5.28. The number of aryl methyl sites for hydroxylation is 1. The molecule has 0 unspecified atom stereocenters. The number of amides is 1. The van der Waals surface area contributed by atoms with Gasteiger partial charge in [0.15, 0.2) is 0 Å². The van der Waals surface area contributed by atoms with E-state index in [1.807, 2.05) is 41.4 Å². The number of hydrogen-bond donors (Lipinski definition) is 0. The Morgan fingerprint density at radius 3 is 2.72 bits per heavy atom. The van der Waals surface area contributed by atoms with E-state index in [-0.39, 0.29) is 5.91 Å². The van der Waals surface area contributed by atoms with Gasteiger partial charge in [0.25, 0.3) is 5.91 Å². The maximum absolute atomic E-state index is 12.6. The fourth-order valence-electron chi connectivity index (χ4n) is 2.74. The summed E-state index contributed by atoms with van der Waals surface area (Å²) in [5.74, 6) is -0.0563. The number of hydrogen-bond acceptors (Lipinski definition) is 4. The van der Waals surface area contributed by atoms with E-state index in [0.29, 0.717) is 12.2 Å². The molecule has 1 amide bonds. The minimum Gasteiger partial charge on any atom is -0.336 e. The second-order valence-electron chi connectivity index (χ2n) is 6.02. The molecule has 0 aliphatic carbocycles. The Morgan fingerprint density at radius 2 is 2.04 bits per heavy atom. The van der Waals surface area contributed by atoms with Crippen LogP contribution >= 0.6 is 11.3 Å². The van der Waals surface area contributed by atoms with Gasteiger partial charge in [-0.2, -0.15) is 5.10 Å². The highest BCUT2D eigenvalue weighted by atomic mass is 32.1.